The molecule has 1 aliphatic heterocycles. The third kappa shape index (κ3) is 2.76. The predicted octanol–water partition coefficient (Wildman–Crippen LogP) is 2.43. The van der Waals surface area contributed by atoms with Crippen molar-refractivity contribution in [3.63, 3.8) is 0 Å². The summed E-state index contributed by atoms with van der Waals surface area (Å²) in [6.07, 6.45) is 2.97. The average molecular weight is 274 g/mol. The van der Waals surface area contributed by atoms with Crippen LogP contribution < -0.4 is 5.32 Å². The first kappa shape index (κ1) is 14.1. The van der Waals surface area contributed by atoms with E-state index >= 15 is 0 Å². The van der Waals surface area contributed by atoms with Gasteiger partial charge in [-0.25, -0.2) is 0 Å². The van der Waals surface area contributed by atoms with Crippen LogP contribution in [-0.4, -0.2) is 43.8 Å². The van der Waals surface area contributed by atoms with E-state index < -0.39 is 0 Å². The molecule has 1 heterocycles. The fourth-order valence-electron chi connectivity index (χ4n) is 3.48. The highest BCUT2D eigenvalue weighted by molar-refractivity contribution is 5.34. The highest BCUT2D eigenvalue weighted by Gasteiger charge is 2.41. The molecule has 3 nitrogen and oxygen atoms in total. The van der Waals surface area contributed by atoms with E-state index in [0.717, 1.165) is 25.7 Å². The van der Waals surface area contributed by atoms with Crippen LogP contribution in [0.15, 0.2) is 18.2 Å². The molecule has 0 spiro atoms. The van der Waals surface area contributed by atoms with Gasteiger partial charge in [0.1, 0.15) is 0 Å². The van der Waals surface area contributed by atoms with Gasteiger partial charge in [0.05, 0.1) is 18.8 Å². The summed E-state index contributed by atoms with van der Waals surface area (Å²) in [5, 5.41) is 3.30. The minimum Gasteiger partial charge on any atom is -0.374 e. The van der Waals surface area contributed by atoms with Crippen molar-refractivity contribution in [1.29, 1.82) is 0 Å². The normalized spacial score (nSPS) is 27.8. The second-order valence-electron chi connectivity index (χ2n) is 6.24. The van der Waals surface area contributed by atoms with Gasteiger partial charge in [-0.2, -0.15) is 0 Å². The van der Waals surface area contributed by atoms with E-state index in [-0.39, 0.29) is 6.10 Å². The van der Waals surface area contributed by atoms with Gasteiger partial charge in [0.2, 0.25) is 0 Å². The summed E-state index contributed by atoms with van der Waals surface area (Å²) in [5.74, 6) is 0. The van der Waals surface area contributed by atoms with E-state index in [1.165, 1.54) is 29.5 Å². The third-order valence-electron chi connectivity index (χ3n) is 4.56. The van der Waals surface area contributed by atoms with Gasteiger partial charge in [-0.15, -0.1) is 0 Å². The Kier molecular flexibility index (Phi) is 4.11. The largest absolute Gasteiger partial charge is 0.374 e. The van der Waals surface area contributed by atoms with Crippen molar-refractivity contribution < 1.29 is 4.74 Å². The maximum Gasteiger partial charge on any atom is 0.0896 e. The van der Waals surface area contributed by atoms with Crippen molar-refractivity contribution in [2.75, 3.05) is 26.7 Å². The van der Waals surface area contributed by atoms with Gasteiger partial charge in [-0.1, -0.05) is 23.8 Å². The molecule has 1 saturated carbocycles. The van der Waals surface area contributed by atoms with E-state index in [1.54, 1.807) is 0 Å². The van der Waals surface area contributed by atoms with Crippen molar-refractivity contribution in [2.45, 2.75) is 44.9 Å². The minimum absolute atomic E-state index is 0.260. The van der Waals surface area contributed by atoms with Gasteiger partial charge in [0.15, 0.2) is 0 Å². The molecule has 0 radical (unpaired) electrons. The van der Waals surface area contributed by atoms with Gasteiger partial charge in [-0.05, 0) is 44.9 Å². The second kappa shape index (κ2) is 5.84. The third-order valence-corrected chi connectivity index (χ3v) is 4.56. The summed E-state index contributed by atoms with van der Waals surface area (Å²) >= 11 is 0. The lowest BCUT2D eigenvalue weighted by molar-refractivity contribution is -0.0741. The Morgan fingerprint density at radius 3 is 2.75 bits per heavy atom. The van der Waals surface area contributed by atoms with E-state index in [2.05, 4.69) is 42.3 Å². The number of nitrogens with zero attached hydrogens (tertiary/aromatic N) is 1. The standard InChI is InChI=1S/C17H26N2O/c1-12-4-7-15(13(2)10-12)17-16(11-18-3)20-9-8-19(17)14-5-6-14/h4,7,10,14,16-18H,5-6,8-9,11H2,1-3H3. The molecule has 1 saturated heterocycles. The Labute approximate surface area is 122 Å². The van der Waals surface area contributed by atoms with Crippen LogP contribution in [0.2, 0.25) is 0 Å². The molecule has 1 aromatic carbocycles. The van der Waals surface area contributed by atoms with Gasteiger partial charge in [0.25, 0.3) is 0 Å². The van der Waals surface area contributed by atoms with Crippen molar-refractivity contribution >= 4 is 0 Å². The highest BCUT2D eigenvalue weighted by Crippen LogP contribution is 2.39. The van der Waals surface area contributed by atoms with Gasteiger partial charge < -0.3 is 10.1 Å². The minimum atomic E-state index is 0.260. The SMILES string of the molecule is CNCC1OCCN(C2CC2)C1c1ccc(C)cc1C. The lowest BCUT2D eigenvalue weighted by atomic mass is 9.92. The van der Waals surface area contributed by atoms with Crippen molar-refractivity contribution in [3.8, 4) is 0 Å². The number of aryl methyl sites for hydroxylation is 2. The van der Waals surface area contributed by atoms with Crippen molar-refractivity contribution in [3.05, 3.63) is 34.9 Å². The van der Waals surface area contributed by atoms with Crippen LogP contribution in [0, 0.1) is 13.8 Å². The average Bonchev–Trinajstić information content (AvgIpc) is 3.24. The zero-order valence-corrected chi connectivity index (χ0v) is 12.9. The Morgan fingerprint density at radius 2 is 2.10 bits per heavy atom. The fourth-order valence-corrected chi connectivity index (χ4v) is 3.48. The van der Waals surface area contributed by atoms with Crippen LogP contribution in [0.3, 0.4) is 0 Å². The molecule has 3 rings (SSSR count). The summed E-state index contributed by atoms with van der Waals surface area (Å²) in [6.45, 7) is 7.25. The first-order chi connectivity index (χ1) is 9.70. The monoisotopic (exact) mass is 274 g/mol. The van der Waals surface area contributed by atoms with Crippen LogP contribution in [0.25, 0.3) is 0 Å². The molecular weight excluding hydrogens is 248 g/mol. The Bertz CT molecular complexity index is 468. The van der Waals surface area contributed by atoms with Gasteiger partial charge >= 0.3 is 0 Å². The number of hydrogen-bond acceptors (Lipinski definition) is 3. The zero-order chi connectivity index (χ0) is 14.1. The number of nitrogens with one attached hydrogen (secondary N) is 1. The van der Waals surface area contributed by atoms with Crippen LogP contribution in [0.5, 0.6) is 0 Å². The maximum atomic E-state index is 6.07. The molecule has 3 heteroatoms. The molecule has 1 aromatic rings. The molecule has 0 bridgehead atoms. The van der Waals surface area contributed by atoms with Crippen molar-refractivity contribution in [1.82, 2.24) is 10.2 Å². The van der Waals surface area contributed by atoms with E-state index in [9.17, 15) is 0 Å². The summed E-state index contributed by atoms with van der Waals surface area (Å²) < 4.78 is 6.07. The Morgan fingerprint density at radius 1 is 1.30 bits per heavy atom. The molecule has 1 N–H and O–H groups in total. The molecule has 2 aliphatic rings. The molecule has 1 aliphatic carbocycles. The van der Waals surface area contributed by atoms with Gasteiger partial charge in [0, 0.05) is 19.1 Å². The summed E-state index contributed by atoms with van der Waals surface area (Å²) in [6, 6.07) is 8.03. The number of rotatable bonds is 4. The molecule has 2 atom stereocenters. The number of hydrogen-bond donors (Lipinski definition) is 1. The second-order valence-corrected chi connectivity index (χ2v) is 6.24. The molecular formula is C17H26N2O. The first-order valence-corrected chi connectivity index (χ1v) is 7.80. The lowest BCUT2D eigenvalue weighted by Gasteiger charge is -2.42. The number of morpholine rings is 1. The first-order valence-electron chi connectivity index (χ1n) is 7.80. The Hall–Kier alpha value is -0.900. The summed E-state index contributed by atoms with van der Waals surface area (Å²) in [7, 11) is 2.01. The van der Waals surface area contributed by atoms with E-state index in [4.69, 9.17) is 4.74 Å². The van der Waals surface area contributed by atoms with Crippen LogP contribution in [0.4, 0.5) is 0 Å². The fraction of sp³-hybridized carbons (Fsp3) is 0.647. The number of likely N-dealkylation sites (N-methyl/N-ethyl adjacent to an activating group) is 1. The molecule has 0 aromatic heterocycles. The molecule has 20 heavy (non-hydrogen) atoms. The summed E-state index contributed by atoms with van der Waals surface area (Å²) in [4.78, 5) is 2.68. The predicted molar refractivity (Wildman–Crippen MR) is 82.1 cm³/mol. The smallest absolute Gasteiger partial charge is 0.0896 e. The summed E-state index contributed by atoms with van der Waals surface area (Å²) in [5.41, 5.74) is 4.18. The number of benzene rings is 1. The quantitative estimate of drug-likeness (QED) is 0.912. The Balaban J connectivity index is 1.93. The molecule has 110 valence electrons. The van der Waals surface area contributed by atoms with Crippen LogP contribution in [-0.2, 0) is 4.74 Å². The van der Waals surface area contributed by atoms with Crippen LogP contribution >= 0.6 is 0 Å². The topological polar surface area (TPSA) is 24.5 Å². The van der Waals surface area contributed by atoms with Crippen molar-refractivity contribution in [2.24, 2.45) is 0 Å². The molecule has 2 unspecified atom stereocenters. The van der Waals surface area contributed by atoms with E-state index in [1.807, 2.05) is 7.05 Å². The molecule has 2 fully saturated rings. The van der Waals surface area contributed by atoms with E-state index in [0.29, 0.717) is 6.04 Å². The maximum absolute atomic E-state index is 6.07. The zero-order valence-electron chi connectivity index (χ0n) is 12.9. The lowest BCUT2D eigenvalue weighted by Crippen LogP contribution is -2.49. The van der Waals surface area contributed by atoms with Crippen LogP contribution in [0.1, 0.15) is 35.6 Å². The molecule has 0 amide bonds. The number of ether oxygens (including phenoxy) is 1. The highest BCUT2D eigenvalue weighted by atomic mass is 16.5. The van der Waals surface area contributed by atoms with Gasteiger partial charge in [-0.3, -0.25) is 4.90 Å².